The lowest BCUT2D eigenvalue weighted by molar-refractivity contribution is -0.918. The number of rotatable bonds is 6. The van der Waals surface area contributed by atoms with Crippen molar-refractivity contribution in [2.45, 2.75) is 32.7 Å². The highest BCUT2D eigenvalue weighted by Gasteiger charge is 2.28. The molecule has 0 aliphatic carbocycles. The van der Waals surface area contributed by atoms with Crippen LogP contribution in [0.4, 0.5) is 5.69 Å². The zero-order chi connectivity index (χ0) is 19.4. The van der Waals surface area contributed by atoms with Crippen molar-refractivity contribution in [3.05, 3.63) is 64.7 Å². The summed E-state index contributed by atoms with van der Waals surface area (Å²) < 4.78 is 0. The van der Waals surface area contributed by atoms with Crippen molar-refractivity contribution >= 4 is 11.6 Å². The van der Waals surface area contributed by atoms with E-state index in [-0.39, 0.29) is 5.91 Å². The Bertz CT molecular complexity index is 756. The number of carbonyl (C=O) groups excluding carboxylic acids is 1. The predicted octanol–water partition coefficient (Wildman–Crippen LogP) is 2.52. The number of hydrogen-bond donors (Lipinski definition) is 2. The zero-order valence-electron chi connectivity index (χ0n) is 17.0. The third-order valence-electron chi connectivity index (χ3n) is 5.50. The van der Waals surface area contributed by atoms with E-state index in [4.69, 9.17) is 0 Å². The number of nitrogens with zero attached hydrogens (tertiary/aromatic N) is 1. The minimum absolute atomic E-state index is 0.0234. The van der Waals surface area contributed by atoms with Crippen LogP contribution in [0.5, 0.6) is 0 Å². The highest BCUT2D eigenvalue weighted by Crippen LogP contribution is 2.17. The fraction of sp³-hybridized carbons (Fsp3) is 0.435. The van der Waals surface area contributed by atoms with Gasteiger partial charge in [-0.1, -0.05) is 29.3 Å². The molecule has 144 valence electrons. The first-order chi connectivity index (χ1) is 12.9. The molecule has 4 nitrogen and oxygen atoms in total. The number of carbonyl (C=O) groups is 1. The largest absolute Gasteiger partial charge is 0.378 e. The van der Waals surface area contributed by atoms with Crippen LogP contribution in [0.25, 0.3) is 0 Å². The molecule has 1 heterocycles. The average Bonchev–Trinajstić information content (AvgIpc) is 3.15. The van der Waals surface area contributed by atoms with Gasteiger partial charge in [0.1, 0.15) is 6.04 Å². The smallest absolute Gasteiger partial charge is 0.251 e. The van der Waals surface area contributed by atoms with Gasteiger partial charge in [0.2, 0.25) is 0 Å². The molecule has 0 saturated carbocycles. The van der Waals surface area contributed by atoms with Crippen molar-refractivity contribution in [1.82, 2.24) is 5.32 Å². The second-order valence-electron chi connectivity index (χ2n) is 7.99. The minimum atomic E-state index is 0.0234. The van der Waals surface area contributed by atoms with Gasteiger partial charge in [-0.2, -0.15) is 0 Å². The van der Waals surface area contributed by atoms with E-state index in [1.54, 1.807) is 4.90 Å². The Balaban J connectivity index is 1.74. The van der Waals surface area contributed by atoms with Crippen molar-refractivity contribution in [3.8, 4) is 0 Å². The Morgan fingerprint density at radius 3 is 2.19 bits per heavy atom. The maximum Gasteiger partial charge on any atom is 0.251 e. The van der Waals surface area contributed by atoms with Gasteiger partial charge in [0.15, 0.2) is 0 Å². The van der Waals surface area contributed by atoms with Gasteiger partial charge >= 0.3 is 0 Å². The summed E-state index contributed by atoms with van der Waals surface area (Å²) >= 11 is 0. The molecule has 1 fully saturated rings. The summed E-state index contributed by atoms with van der Waals surface area (Å²) in [6.45, 7) is 7.10. The number of amides is 1. The second kappa shape index (κ2) is 8.57. The first-order valence-electron chi connectivity index (χ1n) is 9.92. The third-order valence-corrected chi connectivity index (χ3v) is 5.50. The molecule has 27 heavy (non-hydrogen) atoms. The molecule has 0 aromatic heterocycles. The summed E-state index contributed by atoms with van der Waals surface area (Å²) in [5.74, 6) is 0.0234. The highest BCUT2D eigenvalue weighted by atomic mass is 16.1. The SMILES string of the molecule is Cc1cc(C)cc(C(=O)NC[C@H](c2ccc(N(C)C)cc2)[NH+]2CCCC2)c1. The first kappa shape index (κ1) is 19.4. The van der Waals surface area contributed by atoms with Crippen LogP contribution in [0.1, 0.15) is 45.9 Å². The molecular weight excluding hydrogens is 334 g/mol. The molecule has 2 N–H and O–H groups in total. The standard InChI is InChI=1S/C23H31N3O/c1-17-13-18(2)15-20(14-17)23(27)24-16-22(26-11-5-6-12-26)19-7-9-21(10-8-19)25(3)4/h7-10,13-15,22H,5-6,11-12,16H2,1-4H3,(H,24,27)/p+1/t22-/m1/s1. The summed E-state index contributed by atoms with van der Waals surface area (Å²) in [5, 5.41) is 3.20. The fourth-order valence-corrected chi connectivity index (χ4v) is 4.08. The van der Waals surface area contributed by atoms with E-state index in [9.17, 15) is 4.79 Å². The second-order valence-corrected chi connectivity index (χ2v) is 7.99. The number of quaternary nitrogens is 1. The zero-order valence-corrected chi connectivity index (χ0v) is 17.0. The number of hydrogen-bond acceptors (Lipinski definition) is 2. The summed E-state index contributed by atoms with van der Waals surface area (Å²) in [6.07, 6.45) is 2.54. The Morgan fingerprint density at radius 2 is 1.63 bits per heavy atom. The highest BCUT2D eigenvalue weighted by molar-refractivity contribution is 5.94. The van der Waals surface area contributed by atoms with Gasteiger partial charge in [-0.3, -0.25) is 4.79 Å². The first-order valence-corrected chi connectivity index (χ1v) is 9.92. The molecule has 2 aromatic carbocycles. The molecule has 0 spiro atoms. The van der Waals surface area contributed by atoms with Crippen LogP contribution in [0.15, 0.2) is 42.5 Å². The number of aryl methyl sites for hydroxylation is 2. The van der Waals surface area contributed by atoms with E-state index in [2.05, 4.69) is 54.6 Å². The fourth-order valence-electron chi connectivity index (χ4n) is 4.08. The van der Waals surface area contributed by atoms with Gasteiger partial charge < -0.3 is 15.1 Å². The van der Waals surface area contributed by atoms with E-state index >= 15 is 0 Å². The minimum Gasteiger partial charge on any atom is -0.378 e. The molecular formula is C23H32N3O+. The van der Waals surface area contributed by atoms with Gasteiger partial charge in [0.25, 0.3) is 5.91 Å². The summed E-state index contributed by atoms with van der Waals surface area (Å²) in [6, 6.07) is 15.1. The van der Waals surface area contributed by atoms with Gasteiger partial charge in [0, 0.05) is 43.8 Å². The van der Waals surface area contributed by atoms with Crippen molar-refractivity contribution in [3.63, 3.8) is 0 Å². The summed E-state index contributed by atoms with van der Waals surface area (Å²) in [5.41, 5.74) is 5.51. The van der Waals surface area contributed by atoms with E-state index in [0.29, 0.717) is 12.6 Å². The average molecular weight is 367 g/mol. The van der Waals surface area contributed by atoms with Crippen molar-refractivity contribution in [2.24, 2.45) is 0 Å². The normalized spacial score (nSPS) is 15.6. The maximum atomic E-state index is 12.7. The Morgan fingerprint density at radius 1 is 1.04 bits per heavy atom. The summed E-state index contributed by atoms with van der Waals surface area (Å²) in [7, 11) is 4.12. The van der Waals surface area contributed by atoms with Crippen LogP contribution in [-0.2, 0) is 0 Å². The monoisotopic (exact) mass is 366 g/mol. The number of benzene rings is 2. The topological polar surface area (TPSA) is 36.8 Å². The Labute approximate surface area is 163 Å². The van der Waals surface area contributed by atoms with E-state index < -0.39 is 0 Å². The quantitative estimate of drug-likeness (QED) is 0.824. The van der Waals surface area contributed by atoms with E-state index in [1.807, 2.05) is 26.0 Å². The number of anilines is 1. The third kappa shape index (κ3) is 4.89. The maximum absolute atomic E-state index is 12.7. The molecule has 1 aliphatic heterocycles. The van der Waals surface area contributed by atoms with Crippen LogP contribution in [0.3, 0.4) is 0 Å². The molecule has 0 bridgehead atoms. The molecule has 3 rings (SSSR count). The number of nitrogens with one attached hydrogen (secondary N) is 2. The lowest BCUT2D eigenvalue weighted by atomic mass is 10.0. The van der Waals surface area contributed by atoms with Crippen LogP contribution in [-0.4, -0.2) is 39.6 Å². The van der Waals surface area contributed by atoms with Gasteiger partial charge in [0.05, 0.1) is 19.6 Å². The van der Waals surface area contributed by atoms with Crippen molar-refractivity contribution in [2.75, 3.05) is 38.6 Å². The van der Waals surface area contributed by atoms with Gasteiger partial charge in [-0.05, 0) is 38.1 Å². The molecule has 1 amide bonds. The van der Waals surface area contributed by atoms with Gasteiger partial charge in [-0.25, -0.2) is 0 Å². The molecule has 2 aromatic rings. The van der Waals surface area contributed by atoms with E-state index in [0.717, 1.165) is 16.7 Å². The van der Waals surface area contributed by atoms with Crippen molar-refractivity contribution in [1.29, 1.82) is 0 Å². The van der Waals surface area contributed by atoms with Crippen molar-refractivity contribution < 1.29 is 9.69 Å². The van der Waals surface area contributed by atoms with Crippen LogP contribution in [0.2, 0.25) is 0 Å². The van der Waals surface area contributed by atoms with Crippen LogP contribution < -0.4 is 15.1 Å². The lowest BCUT2D eigenvalue weighted by Crippen LogP contribution is -3.11. The number of likely N-dealkylation sites (tertiary alicyclic amines) is 1. The molecule has 1 saturated heterocycles. The van der Waals surface area contributed by atoms with E-state index in [1.165, 1.54) is 37.2 Å². The lowest BCUT2D eigenvalue weighted by Gasteiger charge is -2.26. The Hall–Kier alpha value is -2.33. The molecule has 1 aliphatic rings. The summed E-state index contributed by atoms with van der Waals surface area (Å²) in [4.78, 5) is 16.4. The van der Waals surface area contributed by atoms with Gasteiger partial charge in [-0.15, -0.1) is 0 Å². The molecule has 0 unspecified atom stereocenters. The van der Waals surface area contributed by atoms with Crippen LogP contribution >= 0.6 is 0 Å². The molecule has 4 heteroatoms. The van der Waals surface area contributed by atoms with Crippen LogP contribution in [0, 0.1) is 13.8 Å². The predicted molar refractivity (Wildman–Crippen MR) is 112 cm³/mol. The molecule has 0 radical (unpaired) electrons. The Kier molecular flexibility index (Phi) is 6.17. The molecule has 1 atom stereocenters.